The van der Waals surface area contributed by atoms with E-state index in [1.807, 2.05) is 0 Å². The van der Waals surface area contributed by atoms with Gasteiger partial charge in [0.2, 0.25) is 0 Å². The van der Waals surface area contributed by atoms with Gasteiger partial charge in [0.1, 0.15) is 5.90 Å². The molecule has 0 aliphatic carbocycles. The van der Waals surface area contributed by atoms with Crippen LogP contribution < -0.4 is 10.7 Å². The van der Waals surface area contributed by atoms with Crippen molar-refractivity contribution in [3.05, 3.63) is 29.3 Å². The molecule has 2 nitrogen and oxygen atoms in total. The lowest BCUT2D eigenvalue weighted by Gasteiger charge is -1.92. The van der Waals surface area contributed by atoms with Crippen LogP contribution in [0, 0.1) is 0 Å². The molecule has 3 heteroatoms. The van der Waals surface area contributed by atoms with Crippen molar-refractivity contribution in [3.63, 3.8) is 0 Å². The van der Waals surface area contributed by atoms with Crippen molar-refractivity contribution >= 4 is 11.6 Å². The second-order valence-corrected chi connectivity index (χ2v) is 1.98. The Morgan fingerprint density at radius 2 is 1.78 bits per heavy atom. The first-order valence-electron chi connectivity index (χ1n) is 2.40. The smallest absolute Gasteiger partial charge is 0.151 e. The van der Waals surface area contributed by atoms with Gasteiger partial charge in [-0.1, -0.05) is 11.6 Å². The van der Waals surface area contributed by atoms with Crippen LogP contribution in [0.15, 0.2) is 24.3 Å². The van der Waals surface area contributed by atoms with Gasteiger partial charge in [-0.25, -0.2) is 0 Å². The van der Waals surface area contributed by atoms with E-state index < -0.39 is 0 Å². The van der Waals surface area contributed by atoms with Gasteiger partial charge in [-0.15, -0.1) is 0 Å². The highest BCUT2D eigenvalue weighted by Gasteiger charge is 1.89. The number of hydrogen-bond donors (Lipinski definition) is 0. The number of rotatable bonds is 1. The highest BCUT2D eigenvalue weighted by atomic mass is 35.5. The summed E-state index contributed by atoms with van der Waals surface area (Å²) in [5, 5.41) is 0.621. The van der Waals surface area contributed by atoms with Crippen LogP contribution in [0.1, 0.15) is 0 Å². The summed E-state index contributed by atoms with van der Waals surface area (Å²) in [4.78, 5) is 3.91. The Hall–Kier alpha value is -0.730. The first-order chi connectivity index (χ1) is 4.33. The third kappa shape index (κ3) is 1.59. The third-order valence-corrected chi connectivity index (χ3v) is 1.17. The summed E-state index contributed by atoms with van der Waals surface area (Å²) in [6.07, 6.45) is 0. The molecule has 0 aliphatic heterocycles. The molecule has 0 atom stereocenters. The zero-order chi connectivity index (χ0) is 6.69. The summed E-state index contributed by atoms with van der Waals surface area (Å²) in [6, 6.07) is 6.41. The van der Waals surface area contributed by atoms with E-state index >= 15 is 0 Å². The minimum absolute atomic E-state index is 0.388. The zero-order valence-corrected chi connectivity index (χ0v) is 5.30. The minimum Gasteiger partial charge on any atom is -0.368 e. The Bertz CT molecular complexity index is 185. The van der Waals surface area contributed by atoms with Crippen molar-refractivity contribution in [3.8, 4) is 5.75 Å². The van der Waals surface area contributed by atoms with Crippen molar-refractivity contribution in [2.75, 3.05) is 0 Å². The minimum atomic E-state index is 0.388. The number of hydrogen-bond acceptors (Lipinski definition) is 1. The number of nitrogens with zero attached hydrogens (tertiary/aromatic N) is 1. The quantitative estimate of drug-likeness (QED) is 0.548. The van der Waals surface area contributed by atoms with E-state index in [2.05, 4.69) is 4.84 Å². The molecule has 0 fully saturated rings. The van der Waals surface area contributed by atoms with Crippen molar-refractivity contribution in [1.82, 2.24) is 5.90 Å². The highest BCUT2D eigenvalue weighted by Crippen LogP contribution is 2.13. The fraction of sp³-hybridized carbons (Fsp3) is 0. The third-order valence-electron chi connectivity index (χ3n) is 0.919. The van der Waals surface area contributed by atoms with Gasteiger partial charge in [-0.05, 0) is 24.3 Å². The Labute approximate surface area is 58.1 Å². The summed E-state index contributed by atoms with van der Waals surface area (Å²) in [6.45, 7) is 0. The number of halogens is 1. The van der Waals surface area contributed by atoms with E-state index in [1.54, 1.807) is 24.3 Å². The van der Waals surface area contributed by atoms with Crippen molar-refractivity contribution in [1.29, 1.82) is 0 Å². The maximum atomic E-state index is 8.09. The fourth-order valence-corrected chi connectivity index (χ4v) is 0.621. The lowest BCUT2D eigenvalue weighted by molar-refractivity contribution is 0.309. The van der Waals surface area contributed by atoms with Crippen molar-refractivity contribution in [2.24, 2.45) is 0 Å². The topological polar surface area (TPSA) is 31.5 Å². The zero-order valence-electron chi connectivity index (χ0n) is 4.54. The molecule has 2 radical (unpaired) electrons. The summed E-state index contributed by atoms with van der Waals surface area (Å²) < 4.78 is 0. The maximum Gasteiger partial charge on any atom is 0.151 e. The summed E-state index contributed by atoms with van der Waals surface area (Å²) in [7, 11) is 0. The van der Waals surface area contributed by atoms with Gasteiger partial charge in [0, 0.05) is 5.02 Å². The van der Waals surface area contributed by atoms with Gasteiger partial charge >= 0.3 is 0 Å². The first-order valence-corrected chi connectivity index (χ1v) is 2.78. The molecule has 0 amide bonds. The molecule has 0 saturated carbocycles. The second-order valence-electron chi connectivity index (χ2n) is 1.55. The predicted octanol–water partition coefficient (Wildman–Crippen LogP) is 1.70. The molecule has 9 heavy (non-hydrogen) atoms. The van der Waals surface area contributed by atoms with Crippen LogP contribution in [-0.2, 0) is 0 Å². The van der Waals surface area contributed by atoms with Crippen LogP contribution in [0.3, 0.4) is 0 Å². The van der Waals surface area contributed by atoms with E-state index in [9.17, 15) is 0 Å². The van der Waals surface area contributed by atoms with Gasteiger partial charge in [-0.3, -0.25) is 0 Å². The average Bonchev–Trinajstić information content (AvgIpc) is 1.90. The molecule has 0 aromatic heterocycles. The Balaban J connectivity index is 2.88. The van der Waals surface area contributed by atoms with E-state index in [-0.39, 0.29) is 0 Å². The van der Waals surface area contributed by atoms with E-state index in [4.69, 9.17) is 17.5 Å². The standard InChI is InChI=1S/C6H4ClNO/c7-5-1-3-6(9-8)4-2-5/h1-4H. The summed E-state index contributed by atoms with van der Waals surface area (Å²) in [5.41, 5.74) is 0. The van der Waals surface area contributed by atoms with Gasteiger partial charge in [0.05, 0.1) is 0 Å². The molecule has 0 bridgehead atoms. The van der Waals surface area contributed by atoms with Crippen LogP contribution in [0.4, 0.5) is 0 Å². The van der Waals surface area contributed by atoms with E-state index in [0.717, 1.165) is 0 Å². The molecule has 0 spiro atoms. The molecular formula is C6H4ClNO. The van der Waals surface area contributed by atoms with E-state index in [1.165, 1.54) is 0 Å². The molecule has 1 rings (SSSR count). The Morgan fingerprint density at radius 3 is 2.22 bits per heavy atom. The van der Waals surface area contributed by atoms with Gasteiger partial charge < -0.3 is 4.84 Å². The molecule has 46 valence electrons. The SMILES string of the molecule is [N]Oc1ccc(Cl)cc1. The van der Waals surface area contributed by atoms with Crippen LogP contribution >= 0.6 is 11.6 Å². The Kier molecular flexibility index (Phi) is 1.92. The maximum absolute atomic E-state index is 8.09. The highest BCUT2D eigenvalue weighted by molar-refractivity contribution is 6.30. The van der Waals surface area contributed by atoms with Gasteiger partial charge in [0.15, 0.2) is 5.75 Å². The van der Waals surface area contributed by atoms with Gasteiger partial charge in [-0.2, -0.15) is 0 Å². The molecule has 1 aromatic rings. The van der Waals surface area contributed by atoms with Crippen LogP contribution in [-0.4, -0.2) is 0 Å². The first kappa shape index (κ1) is 6.39. The molecule has 1 aromatic carbocycles. The second kappa shape index (κ2) is 2.71. The van der Waals surface area contributed by atoms with E-state index in [0.29, 0.717) is 10.8 Å². The van der Waals surface area contributed by atoms with Crippen molar-refractivity contribution < 1.29 is 4.84 Å². The average molecular weight is 142 g/mol. The lowest BCUT2D eigenvalue weighted by atomic mass is 10.3. The molecule has 0 unspecified atom stereocenters. The lowest BCUT2D eigenvalue weighted by Crippen LogP contribution is -1.84. The number of benzene rings is 1. The normalized spacial score (nSPS) is 9.11. The summed E-state index contributed by atoms with van der Waals surface area (Å²) in [5.74, 6) is 8.47. The molecule has 0 saturated heterocycles. The molecule has 0 heterocycles. The molecule has 0 aliphatic rings. The Morgan fingerprint density at radius 1 is 1.22 bits per heavy atom. The monoisotopic (exact) mass is 141 g/mol. The van der Waals surface area contributed by atoms with Crippen LogP contribution in [0.5, 0.6) is 5.75 Å². The van der Waals surface area contributed by atoms with Crippen molar-refractivity contribution in [2.45, 2.75) is 0 Å². The molecule has 0 N–H and O–H groups in total. The van der Waals surface area contributed by atoms with Crippen LogP contribution in [0.2, 0.25) is 5.02 Å². The van der Waals surface area contributed by atoms with Gasteiger partial charge in [0.25, 0.3) is 0 Å². The predicted molar refractivity (Wildman–Crippen MR) is 34.2 cm³/mol. The summed E-state index contributed by atoms with van der Waals surface area (Å²) >= 11 is 5.53. The fourth-order valence-electron chi connectivity index (χ4n) is 0.495. The largest absolute Gasteiger partial charge is 0.368 e. The molecular weight excluding hydrogens is 138 g/mol. The van der Waals surface area contributed by atoms with Crippen LogP contribution in [0.25, 0.3) is 0 Å².